The predicted molar refractivity (Wildman–Crippen MR) is 41.9 cm³/mol. The van der Waals surface area contributed by atoms with Crippen LogP contribution in [0.2, 0.25) is 0 Å². The van der Waals surface area contributed by atoms with Crippen molar-refractivity contribution in [2.24, 2.45) is 5.92 Å². The molecule has 0 aliphatic carbocycles. The Morgan fingerprint density at radius 3 is 2.91 bits per heavy atom. The van der Waals surface area contributed by atoms with Crippen LogP contribution in [0.3, 0.4) is 0 Å². The SMILES string of the molecule is C=CCN1C[C@H](C)[C@@H](O)C1=O. The molecule has 62 valence electrons. The maximum Gasteiger partial charge on any atom is 0.252 e. The first-order valence-electron chi connectivity index (χ1n) is 3.74. The molecule has 1 amide bonds. The summed E-state index contributed by atoms with van der Waals surface area (Å²) in [5.41, 5.74) is 0. The van der Waals surface area contributed by atoms with Gasteiger partial charge in [0.15, 0.2) is 0 Å². The Morgan fingerprint density at radius 1 is 1.91 bits per heavy atom. The van der Waals surface area contributed by atoms with E-state index in [0.717, 1.165) is 0 Å². The monoisotopic (exact) mass is 155 g/mol. The van der Waals surface area contributed by atoms with Crippen LogP contribution in [0.25, 0.3) is 0 Å². The molecular weight excluding hydrogens is 142 g/mol. The molecule has 0 bridgehead atoms. The molecule has 0 unspecified atom stereocenters. The number of carbonyl (C=O) groups excluding carboxylic acids is 1. The fourth-order valence-electron chi connectivity index (χ4n) is 1.29. The second-order valence-electron chi connectivity index (χ2n) is 2.95. The highest BCUT2D eigenvalue weighted by molar-refractivity contribution is 5.83. The van der Waals surface area contributed by atoms with Crippen LogP contribution in [-0.4, -0.2) is 35.1 Å². The lowest BCUT2D eigenvalue weighted by Crippen LogP contribution is -2.29. The molecule has 0 spiro atoms. The van der Waals surface area contributed by atoms with E-state index in [0.29, 0.717) is 13.1 Å². The van der Waals surface area contributed by atoms with E-state index >= 15 is 0 Å². The molecule has 2 atom stereocenters. The third-order valence-electron chi connectivity index (χ3n) is 1.96. The van der Waals surface area contributed by atoms with Gasteiger partial charge in [-0.15, -0.1) is 6.58 Å². The minimum atomic E-state index is -0.796. The van der Waals surface area contributed by atoms with E-state index in [4.69, 9.17) is 0 Å². The zero-order valence-electron chi connectivity index (χ0n) is 6.66. The van der Waals surface area contributed by atoms with Crippen molar-refractivity contribution in [2.45, 2.75) is 13.0 Å². The van der Waals surface area contributed by atoms with Gasteiger partial charge in [-0.1, -0.05) is 13.0 Å². The second kappa shape index (κ2) is 3.05. The van der Waals surface area contributed by atoms with Crippen LogP contribution in [0.5, 0.6) is 0 Å². The van der Waals surface area contributed by atoms with Gasteiger partial charge in [-0.25, -0.2) is 0 Å². The molecule has 0 radical (unpaired) electrons. The normalized spacial score (nSPS) is 31.1. The van der Waals surface area contributed by atoms with E-state index in [2.05, 4.69) is 6.58 Å². The number of rotatable bonds is 2. The van der Waals surface area contributed by atoms with Gasteiger partial charge in [-0.3, -0.25) is 4.79 Å². The van der Waals surface area contributed by atoms with Gasteiger partial charge in [0.2, 0.25) is 0 Å². The van der Waals surface area contributed by atoms with Gasteiger partial charge in [-0.05, 0) is 0 Å². The summed E-state index contributed by atoms with van der Waals surface area (Å²) in [6.45, 7) is 6.59. The van der Waals surface area contributed by atoms with E-state index in [-0.39, 0.29) is 11.8 Å². The van der Waals surface area contributed by atoms with Gasteiger partial charge < -0.3 is 10.0 Å². The molecule has 1 fully saturated rings. The molecule has 0 aromatic heterocycles. The van der Waals surface area contributed by atoms with Gasteiger partial charge in [-0.2, -0.15) is 0 Å². The van der Waals surface area contributed by atoms with E-state index in [1.165, 1.54) is 0 Å². The molecule has 1 aliphatic heterocycles. The van der Waals surface area contributed by atoms with Crippen LogP contribution in [0.15, 0.2) is 12.7 Å². The Morgan fingerprint density at radius 2 is 2.55 bits per heavy atom. The first-order chi connectivity index (χ1) is 5.16. The quantitative estimate of drug-likeness (QED) is 0.571. The first kappa shape index (κ1) is 8.27. The van der Waals surface area contributed by atoms with Crippen molar-refractivity contribution < 1.29 is 9.90 Å². The standard InChI is InChI=1S/C8H13NO2/c1-3-4-9-5-6(2)7(10)8(9)11/h3,6-7,10H,1,4-5H2,2H3/t6-,7+/m0/s1. The summed E-state index contributed by atoms with van der Waals surface area (Å²) >= 11 is 0. The van der Waals surface area contributed by atoms with Crippen molar-refractivity contribution in [3.8, 4) is 0 Å². The predicted octanol–water partition coefficient (Wildman–Crippen LogP) is 0.0116. The largest absolute Gasteiger partial charge is 0.383 e. The molecular formula is C8H13NO2. The Labute approximate surface area is 66.3 Å². The number of likely N-dealkylation sites (tertiary alicyclic amines) is 1. The fourth-order valence-corrected chi connectivity index (χ4v) is 1.29. The summed E-state index contributed by atoms with van der Waals surface area (Å²) in [5.74, 6) is -0.111. The average molecular weight is 155 g/mol. The van der Waals surface area contributed by atoms with Gasteiger partial charge in [0.1, 0.15) is 6.10 Å². The summed E-state index contributed by atoms with van der Waals surface area (Å²) in [5, 5.41) is 9.24. The number of amides is 1. The number of hydrogen-bond acceptors (Lipinski definition) is 2. The molecule has 0 aromatic rings. The molecule has 1 N–H and O–H groups in total. The van der Waals surface area contributed by atoms with Crippen molar-refractivity contribution >= 4 is 5.91 Å². The lowest BCUT2D eigenvalue weighted by molar-refractivity contribution is -0.134. The lowest BCUT2D eigenvalue weighted by atomic mass is 10.1. The van der Waals surface area contributed by atoms with Gasteiger partial charge in [0, 0.05) is 19.0 Å². The van der Waals surface area contributed by atoms with Crippen molar-refractivity contribution in [3.05, 3.63) is 12.7 Å². The third kappa shape index (κ3) is 1.43. The highest BCUT2D eigenvalue weighted by Crippen LogP contribution is 2.16. The Kier molecular flexibility index (Phi) is 2.29. The molecule has 1 aliphatic rings. The Hall–Kier alpha value is -0.830. The van der Waals surface area contributed by atoms with Gasteiger partial charge in [0.05, 0.1) is 0 Å². The van der Waals surface area contributed by atoms with E-state index in [1.807, 2.05) is 6.92 Å². The van der Waals surface area contributed by atoms with Crippen molar-refractivity contribution in [1.82, 2.24) is 4.90 Å². The van der Waals surface area contributed by atoms with E-state index in [1.54, 1.807) is 11.0 Å². The molecule has 11 heavy (non-hydrogen) atoms. The summed E-state index contributed by atoms with van der Waals surface area (Å²) in [4.78, 5) is 12.7. The number of aliphatic hydroxyl groups excluding tert-OH is 1. The number of carbonyl (C=O) groups is 1. The molecule has 3 heteroatoms. The van der Waals surface area contributed by atoms with Crippen molar-refractivity contribution in [2.75, 3.05) is 13.1 Å². The smallest absolute Gasteiger partial charge is 0.252 e. The Bertz CT molecular complexity index is 179. The van der Waals surface area contributed by atoms with E-state index < -0.39 is 6.10 Å². The lowest BCUT2D eigenvalue weighted by Gasteiger charge is -2.11. The molecule has 0 aromatic carbocycles. The highest BCUT2D eigenvalue weighted by atomic mass is 16.3. The topological polar surface area (TPSA) is 40.5 Å². The van der Waals surface area contributed by atoms with Crippen LogP contribution in [0.1, 0.15) is 6.92 Å². The zero-order chi connectivity index (χ0) is 8.43. The molecule has 3 nitrogen and oxygen atoms in total. The highest BCUT2D eigenvalue weighted by Gasteiger charge is 2.35. The summed E-state index contributed by atoms with van der Waals surface area (Å²) < 4.78 is 0. The maximum atomic E-state index is 11.1. The minimum Gasteiger partial charge on any atom is -0.383 e. The van der Waals surface area contributed by atoms with Crippen LogP contribution in [0.4, 0.5) is 0 Å². The minimum absolute atomic E-state index is 0.0578. The molecule has 1 rings (SSSR count). The maximum absolute atomic E-state index is 11.1. The van der Waals surface area contributed by atoms with Gasteiger partial charge >= 0.3 is 0 Å². The molecule has 0 saturated carbocycles. The van der Waals surface area contributed by atoms with Crippen LogP contribution < -0.4 is 0 Å². The molecule has 1 heterocycles. The van der Waals surface area contributed by atoms with Crippen molar-refractivity contribution in [1.29, 1.82) is 0 Å². The summed E-state index contributed by atoms with van der Waals surface area (Å²) in [6.07, 6.45) is 0.873. The van der Waals surface area contributed by atoms with Crippen molar-refractivity contribution in [3.63, 3.8) is 0 Å². The molecule has 1 saturated heterocycles. The van der Waals surface area contributed by atoms with E-state index in [9.17, 15) is 9.90 Å². The van der Waals surface area contributed by atoms with Gasteiger partial charge in [0.25, 0.3) is 5.91 Å². The van der Waals surface area contributed by atoms with Crippen LogP contribution in [-0.2, 0) is 4.79 Å². The zero-order valence-corrected chi connectivity index (χ0v) is 6.66. The Balaban J connectivity index is 2.59. The fraction of sp³-hybridized carbons (Fsp3) is 0.625. The average Bonchev–Trinajstić information content (AvgIpc) is 2.19. The third-order valence-corrected chi connectivity index (χ3v) is 1.96. The summed E-state index contributed by atoms with van der Waals surface area (Å²) in [7, 11) is 0. The van der Waals surface area contributed by atoms with Crippen LogP contribution in [0, 0.1) is 5.92 Å². The van der Waals surface area contributed by atoms with Crippen LogP contribution >= 0.6 is 0 Å². The second-order valence-corrected chi connectivity index (χ2v) is 2.95. The number of aliphatic hydroxyl groups is 1. The first-order valence-corrected chi connectivity index (χ1v) is 3.74. The number of nitrogens with zero attached hydrogens (tertiary/aromatic N) is 1. The number of hydrogen-bond donors (Lipinski definition) is 1. The summed E-state index contributed by atoms with van der Waals surface area (Å²) in [6, 6.07) is 0.